The molecule has 0 saturated heterocycles. The summed E-state index contributed by atoms with van der Waals surface area (Å²) in [7, 11) is 0. The van der Waals surface area contributed by atoms with Crippen LogP contribution in [0.15, 0.2) is 46.9 Å². The van der Waals surface area contributed by atoms with Crippen LogP contribution < -0.4 is 10.1 Å². The molecule has 1 N–H and O–H groups in total. The van der Waals surface area contributed by atoms with E-state index in [1.807, 2.05) is 50.2 Å². The van der Waals surface area contributed by atoms with Crippen LogP contribution in [0.2, 0.25) is 5.02 Å². The lowest BCUT2D eigenvalue weighted by molar-refractivity contribution is -0.143. The Hall–Kier alpha value is -2.05. The first-order valence-electron chi connectivity index (χ1n) is 11.3. The van der Waals surface area contributed by atoms with Crippen molar-refractivity contribution in [1.29, 1.82) is 0 Å². The molecule has 0 aromatic heterocycles. The van der Waals surface area contributed by atoms with E-state index in [2.05, 4.69) is 42.0 Å². The van der Waals surface area contributed by atoms with Gasteiger partial charge in [0.1, 0.15) is 11.8 Å². The van der Waals surface area contributed by atoms with Gasteiger partial charge in [-0.3, -0.25) is 9.59 Å². The van der Waals surface area contributed by atoms with Gasteiger partial charge < -0.3 is 15.0 Å². The monoisotopic (exact) mass is 536 g/mol. The van der Waals surface area contributed by atoms with E-state index in [1.165, 1.54) is 0 Å². The minimum Gasteiger partial charge on any atom is -0.483 e. The van der Waals surface area contributed by atoms with Crippen LogP contribution in [-0.4, -0.2) is 35.9 Å². The van der Waals surface area contributed by atoms with Gasteiger partial charge in [0.05, 0.1) is 4.47 Å². The number of amides is 2. The van der Waals surface area contributed by atoms with Crippen molar-refractivity contribution in [3.05, 3.63) is 63.1 Å². The summed E-state index contributed by atoms with van der Waals surface area (Å²) in [5.41, 5.74) is 1.94. The molecule has 2 aromatic carbocycles. The van der Waals surface area contributed by atoms with Gasteiger partial charge in [-0.1, -0.05) is 70.5 Å². The molecule has 0 spiro atoms. The highest BCUT2D eigenvalue weighted by Gasteiger charge is 2.29. The summed E-state index contributed by atoms with van der Waals surface area (Å²) in [6.45, 7) is 10.9. The molecule has 0 unspecified atom stereocenters. The number of rotatable bonds is 10. The minimum atomic E-state index is -0.615. The van der Waals surface area contributed by atoms with E-state index in [-0.39, 0.29) is 30.4 Å². The van der Waals surface area contributed by atoms with E-state index in [1.54, 1.807) is 11.0 Å². The number of carbonyl (C=O) groups is 2. The number of halogens is 2. The maximum absolute atomic E-state index is 13.3. The van der Waals surface area contributed by atoms with Crippen LogP contribution in [0, 0.1) is 0 Å². The van der Waals surface area contributed by atoms with Crippen molar-refractivity contribution in [1.82, 2.24) is 10.2 Å². The Morgan fingerprint density at radius 2 is 1.85 bits per heavy atom. The third-order valence-electron chi connectivity index (χ3n) is 5.38. The second-order valence-electron chi connectivity index (χ2n) is 9.01. The van der Waals surface area contributed by atoms with Crippen LogP contribution in [0.3, 0.4) is 0 Å². The Balaban J connectivity index is 2.24. The predicted molar refractivity (Wildman–Crippen MR) is 138 cm³/mol. The molecule has 2 rings (SSSR count). The number of hydrogen-bond donors (Lipinski definition) is 1. The second kappa shape index (κ2) is 12.4. The highest BCUT2D eigenvalue weighted by atomic mass is 79.9. The standard InChI is InChI=1S/C26H34BrClN2O3/c1-6-14-29-25(32)22(7-2)30(16-18-10-8-9-11-21(18)28)24(31)17-33-23-13-12-19(15-20(23)27)26(3,4)5/h8-13,15,22H,6-7,14,16-17H2,1-5H3,(H,29,32)/t22-/m1/s1. The van der Waals surface area contributed by atoms with Gasteiger partial charge in [-0.05, 0) is 63.5 Å². The van der Waals surface area contributed by atoms with Gasteiger partial charge in [0.15, 0.2) is 6.61 Å². The second-order valence-corrected chi connectivity index (χ2v) is 10.3. The summed E-state index contributed by atoms with van der Waals surface area (Å²) in [6, 6.07) is 12.6. The molecule has 5 nitrogen and oxygen atoms in total. The molecule has 0 saturated carbocycles. The Labute approximate surface area is 211 Å². The molecule has 0 heterocycles. The highest BCUT2D eigenvalue weighted by Crippen LogP contribution is 2.31. The van der Waals surface area contributed by atoms with E-state index in [0.29, 0.717) is 23.7 Å². The van der Waals surface area contributed by atoms with Crippen molar-refractivity contribution in [2.75, 3.05) is 13.2 Å². The molecule has 180 valence electrons. The van der Waals surface area contributed by atoms with Crippen LogP contribution in [0.5, 0.6) is 5.75 Å². The zero-order chi connectivity index (χ0) is 24.6. The molecule has 2 amide bonds. The van der Waals surface area contributed by atoms with Crippen molar-refractivity contribution >= 4 is 39.3 Å². The Bertz CT molecular complexity index is 959. The molecule has 0 aliphatic carbocycles. The third-order valence-corrected chi connectivity index (χ3v) is 6.37. The van der Waals surface area contributed by atoms with Crippen molar-refractivity contribution in [3.8, 4) is 5.75 Å². The van der Waals surface area contributed by atoms with Gasteiger partial charge in [0.25, 0.3) is 5.91 Å². The number of hydrogen-bond acceptors (Lipinski definition) is 3. The Morgan fingerprint density at radius 1 is 1.15 bits per heavy atom. The average Bonchev–Trinajstić information content (AvgIpc) is 2.77. The van der Waals surface area contributed by atoms with E-state index in [0.717, 1.165) is 22.0 Å². The topological polar surface area (TPSA) is 58.6 Å². The first-order chi connectivity index (χ1) is 15.6. The van der Waals surface area contributed by atoms with Crippen molar-refractivity contribution in [2.24, 2.45) is 0 Å². The molecule has 2 aromatic rings. The molecule has 1 atom stereocenters. The molecule has 0 aliphatic heterocycles. The number of carbonyl (C=O) groups excluding carboxylic acids is 2. The molecular formula is C26H34BrClN2O3. The van der Waals surface area contributed by atoms with Gasteiger partial charge in [0.2, 0.25) is 5.91 Å². The number of benzene rings is 2. The summed E-state index contributed by atoms with van der Waals surface area (Å²) in [5.74, 6) is 0.133. The lowest BCUT2D eigenvalue weighted by Crippen LogP contribution is -2.50. The lowest BCUT2D eigenvalue weighted by atomic mass is 9.87. The largest absolute Gasteiger partial charge is 0.483 e. The predicted octanol–water partition coefficient (Wildman–Crippen LogP) is 6.11. The molecule has 33 heavy (non-hydrogen) atoms. The summed E-state index contributed by atoms with van der Waals surface area (Å²) < 4.78 is 6.65. The number of ether oxygens (including phenoxy) is 1. The maximum Gasteiger partial charge on any atom is 0.261 e. The van der Waals surface area contributed by atoms with Crippen LogP contribution in [0.25, 0.3) is 0 Å². The molecular weight excluding hydrogens is 504 g/mol. The number of nitrogens with zero attached hydrogens (tertiary/aromatic N) is 1. The Kier molecular flexibility index (Phi) is 10.2. The Morgan fingerprint density at radius 3 is 2.42 bits per heavy atom. The van der Waals surface area contributed by atoms with Crippen LogP contribution in [-0.2, 0) is 21.5 Å². The summed E-state index contributed by atoms with van der Waals surface area (Å²) in [5, 5.41) is 3.46. The maximum atomic E-state index is 13.3. The van der Waals surface area contributed by atoms with Gasteiger partial charge in [-0.15, -0.1) is 0 Å². The summed E-state index contributed by atoms with van der Waals surface area (Å²) in [6.07, 6.45) is 1.30. The molecule has 0 radical (unpaired) electrons. The lowest BCUT2D eigenvalue weighted by Gasteiger charge is -2.31. The van der Waals surface area contributed by atoms with E-state index in [4.69, 9.17) is 16.3 Å². The van der Waals surface area contributed by atoms with Gasteiger partial charge in [-0.2, -0.15) is 0 Å². The van der Waals surface area contributed by atoms with Crippen LogP contribution in [0.1, 0.15) is 58.6 Å². The zero-order valence-corrected chi connectivity index (χ0v) is 22.4. The first-order valence-corrected chi connectivity index (χ1v) is 12.5. The molecule has 7 heteroatoms. The molecule has 0 bridgehead atoms. The van der Waals surface area contributed by atoms with Gasteiger partial charge >= 0.3 is 0 Å². The van der Waals surface area contributed by atoms with Gasteiger partial charge in [0, 0.05) is 18.1 Å². The van der Waals surface area contributed by atoms with Crippen LogP contribution in [0.4, 0.5) is 0 Å². The van der Waals surface area contributed by atoms with Gasteiger partial charge in [-0.25, -0.2) is 0 Å². The zero-order valence-electron chi connectivity index (χ0n) is 20.1. The van der Waals surface area contributed by atoms with E-state index in [9.17, 15) is 9.59 Å². The highest BCUT2D eigenvalue weighted by molar-refractivity contribution is 9.10. The fourth-order valence-electron chi connectivity index (χ4n) is 3.40. The average molecular weight is 538 g/mol. The van der Waals surface area contributed by atoms with E-state index >= 15 is 0 Å². The number of nitrogens with one attached hydrogen (secondary N) is 1. The SMILES string of the molecule is CCCNC(=O)[C@@H](CC)N(Cc1ccccc1Cl)C(=O)COc1ccc(C(C)(C)C)cc1Br. The first kappa shape index (κ1) is 27.2. The van der Waals surface area contributed by atoms with Crippen molar-refractivity contribution in [2.45, 2.75) is 65.5 Å². The molecule has 0 fully saturated rings. The fourth-order valence-corrected chi connectivity index (χ4v) is 4.09. The fraction of sp³-hybridized carbons (Fsp3) is 0.462. The third kappa shape index (κ3) is 7.75. The van der Waals surface area contributed by atoms with E-state index < -0.39 is 6.04 Å². The normalized spacial score (nSPS) is 12.2. The van der Waals surface area contributed by atoms with Crippen molar-refractivity contribution < 1.29 is 14.3 Å². The van der Waals surface area contributed by atoms with Crippen molar-refractivity contribution in [3.63, 3.8) is 0 Å². The smallest absolute Gasteiger partial charge is 0.261 e. The molecule has 0 aliphatic rings. The summed E-state index contributed by atoms with van der Waals surface area (Å²) >= 11 is 9.91. The van der Waals surface area contributed by atoms with Crippen LogP contribution >= 0.6 is 27.5 Å². The quantitative estimate of drug-likeness (QED) is 0.398. The minimum absolute atomic E-state index is 0.00280. The summed E-state index contributed by atoms with van der Waals surface area (Å²) in [4.78, 5) is 27.7.